The summed E-state index contributed by atoms with van der Waals surface area (Å²) in [7, 11) is 4.98. The number of likely N-dealkylation sites (N-methyl/N-ethyl adjacent to an activating group) is 1. The van der Waals surface area contributed by atoms with E-state index in [-0.39, 0.29) is 28.8 Å². The van der Waals surface area contributed by atoms with Crippen LogP contribution in [0.5, 0.6) is 5.75 Å². The molecule has 0 aliphatic carbocycles. The number of carbonyl (C=O) groups is 1. The number of pyridine rings is 1. The minimum Gasteiger partial charge on any atom is -0.493 e. The van der Waals surface area contributed by atoms with Gasteiger partial charge < -0.3 is 14.4 Å². The molecule has 11 nitrogen and oxygen atoms in total. The van der Waals surface area contributed by atoms with Gasteiger partial charge in [-0.1, -0.05) is 0 Å². The Labute approximate surface area is 238 Å². The van der Waals surface area contributed by atoms with Gasteiger partial charge in [-0.15, -0.1) is 11.3 Å². The molecule has 4 aromatic rings. The molecule has 4 aromatic heterocycles. The van der Waals surface area contributed by atoms with Crippen molar-refractivity contribution in [1.82, 2.24) is 39.6 Å². The fourth-order valence-electron chi connectivity index (χ4n) is 4.99. The molecule has 41 heavy (non-hydrogen) atoms. The molecule has 0 atom stereocenters. The highest BCUT2D eigenvalue weighted by Crippen LogP contribution is 2.40. The summed E-state index contributed by atoms with van der Waals surface area (Å²) in [5.74, 6) is 0.616. The first kappa shape index (κ1) is 29.0. The molecule has 5 heterocycles. The van der Waals surface area contributed by atoms with Crippen LogP contribution in [-0.4, -0.2) is 106 Å². The molecule has 1 aliphatic rings. The van der Waals surface area contributed by atoms with Crippen molar-refractivity contribution in [2.24, 2.45) is 0 Å². The zero-order valence-corrected chi connectivity index (χ0v) is 23.8. The number of alkyl halides is 3. The van der Waals surface area contributed by atoms with E-state index in [1.807, 2.05) is 16.8 Å². The van der Waals surface area contributed by atoms with Crippen molar-refractivity contribution in [2.45, 2.75) is 31.4 Å². The smallest absolute Gasteiger partial charge is 0.393 e. The van der Waals surface area contributed by atoms with Gasteiger partial charge in [0.1, 0.15) is 17.0 Å². The molecule has 1 N–H and O–H groups in total. The van der Waals surface area contributed by atoms with Gasteiger partial charge >= 0.3 is 6.18 Å². The third kappa shape index (κ3) is 6.52. The molecule has 15 heteroatoms. The number of aromatic amines is 1. The topological polar surface area (TPSA) is 114 Å². The molecule has 0 bridgehead atoms. The van der Waals surface area contributed by atoms with Crippen LogP contribution in [0.25, 0.3) is 27.6 Å². The summed E-state index contributed by atoms with van der Waals surface area (Å²) in [6, 6.07) is 1.61. The maximum Gasteiger partial charge on any atom is 0.393 e. The van der Waals surface area contributed by atoms with Gasteiger partial charge in [0.2, 0.25) is 5.91 Å². The van der Waals surface area contributed by atoms with Crippen LogP contribution in [0.4, 0.5) is 13.2 Å². The Morgan fingerprint density at radius 3 is 2.73 bits per heavy atom. The van der Waals surface area contributed by atoms with Crippen molar-refractivity contribution < 1.29 is 27.4 Å². The minimum atomic E-state index is -4.47. The SMILES string of the molecule is COCCN(C)CC(=O)N1CCC(c2cnc(-c3n[nH]c(-c4cc(OC)c5ncnn5c4)c3CC(F)(F)F)s2)CC1. The number of thiazole rings is 1. The number of piperidine rings is 1. The fourth-order valence-corrected chi connectivity index (χ4v) is 6.09. The van der Waals surface area contributed by atoms with Crippen molar-refractivity contribution >= 4 is 22.9 Å². The molecular formula is C26H31F3N8O3S. The molecule has 1 saturated heterocycles. The summed E-state index contributed by atoms with van der Waals surface area (Å²) >= 11 is 1.34. The lowest BCUT2D eigenvalue weighted by molar-refractivity contribution is -0.133. The Morgan fingerprint density at radius 2 is 2.02 bits per heavy atom. The normalized spacial score (nSPS) is 14.9. The molecule has 1 fully saturated rings. The summed E-state index contributed by atoms with van der Waals surface area (Å²) in [4.78, 5) is 26.1. The number of likely N-dealkylation sites (tertiary alicyclic amines) is 1. The van der Waals surface area contributed by atoms with E-state index in [4.69, 9.17) is 9.47 Å². The molecule has 0 radical (unpaired) electrons. The van der Waals surface area contributed by atoms with Crippen molar-refractivity contribution in [3.8, 4) is 27.7 Å². The summed E-state index contributed by atoms with van der Waals surface area (Å²) in [5.41, 5.74) is 1.26. The fraction of sp³-hybridized carbons (Fsp3) is 0.500. The number of fused-ring (bicyclic) bond motifs is 1. The van der Waals surface area contributed by atoms with Crippen LogP contribution in [0, 0.1) is 0 Å². The zero-order valence-electron chi connectivity index (χ0n) is 22.9. The van der Waals surface area contributed by atoms with Crippen molar-refractivity contribution in [3.05, 3.63) is 35.2 Å². The Morgan fingerprint density at radius 1 is 1.24 bits per heavy atom. The van der Waals surface area contributed by atoms with E-state index in [2.05, 4.69) is 25.3 Å². The second-order valence-corrected chi connectivity index (χ2v) is 11.1. The number of hydrogen-bond donors (Lipinski definition) is 1. The summed E-state index contributed by atoms with van der Waals surface area (Å²) < 4.78 is 53.1. The molecule has 0 saturated carbocycles. The van der Waals surface area contributed by atoms with Crippen LogP contribution in [-0.2, 0) is 16.0 Å². The van der Waals surface area contributed by atoms with Crippen LogP contribution in [0.15, 0.2) is 24.8 Å². The third-order valence-electron chi connectivity index (χ3n) is 7.15. The molecule has 5 rings (SSSR count). The van der Waals surface area contributed by atoms with Gasteiger partial charge in [-0.25, -0.2) is 14.5 Å². The lowest BCUT2D eigenvalue weighted by Crippen LogP contribution is -2.43. The van der Waals surface area contributed by atoms with Crippen molar-refractivity contribution in [3.63, 3.8) is 0 Å². The number of amides is 1. The van der Waals surface area contributed by atoms with E-state index >= 15 is 0 Å². The molecular weight excluding hydrogens is 561 g/mol. The number of H-pyrrole nitrogens is 1. The first-order valence-electron chi connectivity index (χ1n) is 13.1. The number of nitrogens with one attached hydrogen (secondary N) is 1. The number of hydrogen-bond acceptors (Lipinski definition) is 9. The Hall–Kier alpha value is -3.56. The van der Waals surface area contributed by atoms with Gasteiger partial charge in [0.05, 0.1) is 32.4 Å². The quantitative estimate of drug-likeness (QED) is 0.297. The van der Waals surface area contributed by atoms with E-state index in [1.54, 1.807) is 25.6 Å². The predicted octanol–water partition coefficient (Wildman–Crippen LogP) is 3.64. The van der Waals surface area contributed by atoms with E-state index < -0.39 is 12.6 Å². The van der Waals surface area contributed by atoms with Gasteiger partial charge in [-0.3, -0.25) is 14.8 Å². The van der Waals surface area contributed by atoms with Crippen molar-refractivity contribution in [1.29, 1.82) is 0 Å². The first-order chi connectivity index (χ1) is 19.7. The zero-order chi connectivity index (χ0) is 29.1. The molecule has 220 valence electrons. The lowest BCUT2D eigenvalue weighted by atomic mass is 9.96. The number of nitrogens with zero attached hydrogens (tertiary/aromatic N) is 7. The summed E-state index contributed by atoms with van der Waals surface area (Å²) in [6.45, 7) is 2.81. The van der Waals surface area contributed by atoms with E-state index in [9.17, 15) is 18.0 Å². The summed E-state index contributed by atoms with van der Waals surface area (Å²) in [5, 5.41) is 11.6. The van der Waals surface area contributed by atoms with Crippen molar-refractivity contribution in [2.75, 3.05) is 54.1 Å². The molecule has 1 aliphatic heterocycles. The van der Waals surface area contributed by atoms with Gasteiger partial charge in [0.25, 0.3) is 0 Å². The highest BCUT2D eigenvalue weighted by Gasteiger charge is 2.34. The number of methoxy groups -OCH3 is 2. The Balaban J connectivity index is 1.35. The van der Waals surface area contributed by atoms with Gasteiger partial charge in [0, 0.05) is 55.1 Å². The number of rotatable bonds is 10. The predicted molar refractivity (Wildman–Crippen MR) is 146 cm³/mol. The number of aromatic nitrogens is 6. The second kappa shape index (κ2) is 12.1. The van der Waals surface area contributed by atoms with Crippen LogP contribution >= 0.6 is 11.3 Å². The average Bonchev–Trinajstić information content (AvgIpc) is 3.70. The summed E-state index contributed by atoms with van der Waals surface area (Å²) in [6.07, 6.45) is 0.514. The highest BCUT2D eigenvalue weighted by atomic mass is 32.1. The molecule has 1 amide bonds. The lowest BCUT2D eigenvalue weighted by Gasteiger charge is -2.32. The molecule has 0 unspecified atom stereocenters. The van der Waals surface area contributed by atoms with Crippen LogP contribution in [0.3, 0.4) is 0 Å². The molecule has 0 aromatic carbocycles. The van der Waals surface area contributed by atoms with Gasteiger partial charge in [0.15, 0.2) is 11.4 Å². The number of halogens is 3. The average molecular weight is 593 g/mol. The third-order valence-corrected chi connectivity index (χ3v) is 8.32. The van der Waals surface area contributed by atoms with E-state index in [1.165, 1.54) is 29.3 Å². The highest BCUT2D eigenvalue weighted by molar-refractivity contribution is 7.15. The minimum absolute atomic E-state index is 0.00192. The standard InChI is InChI=1S/C26H31F3N8O3S/c1-35(8-9-39-2)14-21(38)36-6-4-16(5-7-36)20-12-30-25(41-20)23-18(11-26(27,28)29)22(33-34-23)17-10-19(40-3)24-31-15-32-37(24)13-17/h10,12-13,15-16H,4-9,11,14H2,1-3H3,(H,33,34). The Bertz CT molecular complexity index is 1490. The molecule has 0 spiro atoms. The first-order valence-corrected chi connectivity index (χ1v) is 13.9. The van der Waals surface area contributed by atoms with E-state index in [0.29, 0.717) is 54.8 Å². The number of ether oxygens (including phenoxy) is 2. The van der Waals surface area contributed by atoms with Gasteiger partial charge in [-0.2, -0.15) is 23.4 Å². The largest absolute Gasteiger partial charge is 0.493 e. The van der Waals surface area contributed by atoms with Gasteiger partial charge in [-0.05, 0) is 31.9 Å². The van der Waals surface area contributed by atoms with Crippen LogP contribution in [0.1, 0.15) is 29.2 Å². The van der Waals surface area contributed by atoms with Crippen LogP contribution in [0.2, 0.25) is 0 Å². The van der Waals surface area contributed by atoms with E-state index in [0.717, 1.165) is 17.7 Å². The number of carbonyl (C=O) groups excluding carboxylic acids is 1. The maximum atomic E-state index is 13.7. The Kier molecular flexibility index (Phi) is 8.56. The maximum absolute atomic E-state index is 13.7. The van der Waals surface area contributed by atoms with Crippen LogP contribution < -0.4 is 4.74 Å². The monoisotopic (exact) mass is 592 g/mol. The second-order valence-electron chi connectivity index (χ2n) is 10.00.